The Hall–Kier alpha value is -0.650. The van der Waals surface area contributed by atoms with Crippen LogP contribution in [0.2, 0.25) is 0 Å². The molecule has 16 heavy (non-hydrogen) atoms. The molecule has 1 unspecified atom stereocenters. The molecule has 2 rings (SSSR count). The fourth-order valence-electron chi connectivity index (χ4n) is 1.39. The number of nitrogens with zero attached hydrogens (tertiary/aromatic N) is 1. The van der Waals surface area contributed by atoms with Crippen molar-refractivity contribution in [1.29, 1.82) is 0 Å². The lowest BCUT2D eigenvalue weighted by molar-refractivity contribution is 0.417. The molecule has 2 aromatic heterocycles. The molecule has 0 aliphatic heterocycles. The molecule has 0 saturated heterocycles. The van der Waals surface area contributed by atoms with E-state index in [1.54, 1.807) is 11.3 Å². The molecular formula is C11H13BrN2OS. The molecule has 1 N–H and O–H groups in total. The van der Waals surface area contributed by atoms with E-state index in [-0.39, 0.29) is 6.04 Å². The molecule has 2 aromatic rings. The third-order valence-corrected chi connectivity index (χ3v) is 3.64. The van der Waals surface area contributed by atoms with E-state index in [1.807, 2.05) is 19.1 Å². The fraction of sp³-hybridized carbons (Fsp3) is 0.364. The van der Waals surface area contributed by atoms with Crippen LogP contribution in [0.5, 0.6) is 0 Å². The Balaban J connectivity index is 1.91. The molecule has 0 radical (unpaired) electrons. The van der Waals surface area contributed by atoms with Crippen molar-refractivity contribution in [2.45, 2.75) is 26.4 Å². The SMILES string of the molecule is Cc1csc(CNC(C)c2ccc(Br)o2)n1. The summed E-state index contributed by atoms with van der Waals surface area (Å²) in [5.41, 5.74) is 1.08. The summed E-state index contributed by atoms with van der Waals surface area (Å²) < 4.78 is 6.24. The van der Waals surface area contributed by atoms with Gasteiger partial charge in [0.2, 0.25) is 0 Å². The molecule has 0 bridgehead atoms. The first kappa shape index (κ1) is 11.8. The predicted molar refractivity (Wildman–Crippen MR) is 68.5 cm³/mol. The minimum Gasteiger partial charge on any atom is -0.453 e. The van der Waals surface area contributed by atoms with Crippen molar-refractivity contribution < 1.29 is 4.42 Å². The van der Waals surface area contributed by atoms with Crippen LogP contribution in [0.25, 0.3) is 0 Å². The summed E-state index contributed by atoms with van der Waals surface area (Å²) in [7, 11) is 0. The predicted octanol–water partition coefficient (Wildman–Crippen LogP) is 3.66. The van der Waals surface area contributed by atoms with Crippen LogP contribution < -0.4 is 5.32 Å². The lowest BCUT2D eigenvalue weighted by Crippen LogP contribution is -2.17. The van der Waals surface area contributed by atoms with Gasteiger partial charge in [-0.1, -0.05) is 0 Å². The molecule has 0 aliphatic carbocycles. The topological polar surface area (TPSA) is 38.1 Å². The Kier molecular flexibility index (Phi) is 3.78. The highest BCUT2D eigenvalue weighted by Gasteiger charge is 2.09. The maximum Gasteiger partial charge on any atom is 0.169 e. The Morgan fingerprint density at radius 3 is 2.94 bits per heavy atom. The molecule has 0 aliphatic rings. The molecule has 3 nitrogen and oxygen atoms in total. The molecule has 2 heterocycles. The molecule has 1 atom stereocenters. The van der Waals surface area contributed by atoms with Gasteiger partial charge in [0.05, 0.1) is 6.04 Å². The van der Waals surface area contributed by atoms with Crippen LogP contribution >= 0.6 is 27.3 Å². The lowest BCUT2D eigenvalue weighted by Gasteiger charge is -2.09. The minimum atomic E-state index is 0.190. The summed E-state index contributed by atoms with van der Waals surface area (Å²) in [5.74, 6) is 0.931. The van der Waals surface area contributed by atoms with E-state index in [0.717, 1.165) is 27.7 Å². The number of aryl methyl sites for hydroxylation is 1. The zero-order valence-electron chi connectivity index (χ0n) is 9.16. The van der Waals surface area contributed by atoms with Crippen molar-refractivity contribution in [1.82, 2.24) is 10.3 Å². The zero-order valence-corrected chi connectivity index (χ0v) is 11.6. The number of hydrogen-bond donors (Lipinski definition) is 1. The third kappa shape index (κ3) is 2.93. The first-order valence-corrected chi connectivity index (χ1v) is 6.72. The van der Waals surface area contributed by atoms with Crippen molar-refractivity contribution in [3.8, 4) is 0 Å². The standard InChI is InChI=1S/C11H13BrN2OS/c1-7-6-16-11(14-7)5-13-8(2)9-3-4-10(12)15-9/h3-4,6,8,13H,5H2,1-2H3. The summed E-state index contributed by atoms with van der Waals surface area (Å²) in [5, 5.41) is 6.54. The van der Waals surface area contributed by atoms with Crippen molar-refractivity contribution in [2.24, 2.45) is 0 Å². The van der Waals surface area contributed by atoms with Crippen molar-refractivity contribution in [3.63, 3.8) is 0 Å². The van der Waals surface area contributed by atoms with E-state index in [2.05, 4.69) is 38.5 Å². The monoisotopic (exact) mass is 300 g/mol. The van der Waals surface area contributed by atoms with Gasteiger partial charge in [-0.3, -0.25) is 0 Å². The highest BCUT2D eigenvalue weighted by molar-refractivity contribution is 9.10. The zero-order chi connectivity index (χ0) is 11.5. The molecule has 0 saturated carbocycles. The number of thiazole rings is 1. The van der Waals surface area contributed by atoms with Gasteiger partial charge in [-0.2, -0.15) is 0 Å². The second kappa shape index (κ2) is 5.12. The van der Waals surface area contributed by atoms with Crippen LogP contribution in [-0.2, 0) is 6.54 Å². The first-order valence-electron chi connectivity index (χ1n) is 5.05. The number of nitrogens with one attached hydrogen (secondary N) is 1. The van der Waals surface area contributed by atoms with Crippen LogP contribution in [-0.4, -0.2) is 4.98 Å². The highest BCUT2D eigenvalue weighted by Crippen LogP contribution is 2.20. The largest absolute Gasteiger partial charge is 0.453 e. The third-order valence-electron chi connectivity index (χ3n) is 2.25. The molecular weight excluding hydrogens is 288 g/mol. The summed E-state index contributed by atoms with van der Waals surface area (Å²) >= 11 is 4.97. The molecule has 5 heteroatoms. The maximum absolute atomic E-state index is 5.48. The van der Waals surface area contributed by atoms with Gasteiger partial charge in [-0.25, -0.2) is 4.98 Å². The number of halogens is 1. The van der Waals surface area contributed by atoms with Crippen LogP contribution in [0.1, 0.15) is 29.4 Å². The van der Waals surface area contributed by atoms with E-state index >= 15 is 0 Å². The van der Waals surface area contributed by atoms with Gasteiger partial charge in [-0.15, -0.1) is 11.3 Å². The summed E-state index contributed by atoms with van der Waals surface area (Å²) in [6.07, 6.45) is 0. The summed E-state index contributed by atoms with van der Waals surface area (Å²) in [6, 6.07) is 4.06. The van der Waals surface area contributed by atoms with Crippen LogP contribution in [0, 0.1) is 6.92 Å². The van der Waals surface area contributed by atoms with Crippen molar-refractivity contribution in [2.75, 3.05) is 0 Å². The lowest BCUT2D eigenvalue weighted by atomic mass is 10.2. The number of furan rings is 1. The Labute approximate surface area is 107 Å². The van der Waals surface area contributed by atoms with Crippen LogP contribution in [0.15, 0.2) is 26.6 Å². The van der Waals surface area contributed by atoms with E-state index in [4.69, 9.17) is 4.42 Å². The van der Waals surface area contributed by atoms with Gasteiger partial charge < -0.3 is 9.73 Å². The molecule has 0 amide bonds. The van der Waals surface area contributed by atoms with Crippen LogP contribution in [0.4, 0.5) is 0 Å². The molecule has 86 valence electrons. The van der Waals surface area contributed by atoms with Gasteiger partial charge in [-0.05, 0) is 41.9 Å². The second-order valence-electron chi connectivity index (χ2n) is 3.63. The number of hydrogen-bond acceptors (Lipinski definition) is 4. The van der Waals surface area contributed by atoms with Gasteiger partial charge >= 0.3 is 0 Å². The minimum absolute atomic E-state index is 0.190. The normalized spacial score (nSPS) is 12.9. The van der Waals surface area contributed by atoms with Crippen molar-refractivity contribution >= 4 is 27.3 Å². The fourth-order valence-corrected chi connectivity index (χ4v) is 2.43. The second-order valence-corrected chi connectivity index (χ2v) is 5.35. The Morgan fingerprint density at radius 1 is 1.56 bits per heavy atom. The Bertz CT molecular complexity index is 466. The Morgan fingerprint density at radius 2 is 2.38 bits per heavy atom. The quantitative estimate of drug-likeness (QED) is 0.936. The van der Waals surface area contributed by atoms with E-state index in [1.165, 1.54) is 0 Å². The first-order chi connectivity index (χ1) is 7.65. The van der Waals surface area contributed by atoms with Crippen molar-refractivity contribution in [3.05, 3.63) is 38.6 Å². The highest BCUT2D eigenvalue weighted by atomic mass is 79.9. The summed E-state index contributed by atoms with van der Waals surface area (Å²) in [4.78, 5) is 4.40. The van der Waals surface area contributed by atoms with Gasteiger partial charge in [0.15, 0.2) is 4.67 Å². The molecule has 0 spiro atoms. The van der Waals surface area contributed by atoms with Gasteiger partial charge in [0.25, 0.3) is 0 Å². The van der Waals surface area contributed by atoms with Gasteiger partial charge in [0, 0.05) is 17.6 Å². The van der Waals surface area contributed by atoms with Gasteiger partial charge in [0.1, 0.15) is 10.8 Å². The van der Waals surface area contributed by atoms with E-state index in [9.17, 15) is 0 Å². The smallest absolute Gasteiger partial charge is 0.169 e. The molecule has 0 fully saturated rings. The number of aromatic nitrogens is 1. The van der Waals surface area contributed by atoms with E-state index < -0.39 is 0 Å². The van der Waals surface area contributed by atoms with Crippen LogP contribution in [0.3, 0.4) is 0 Å². The average Bonchev–Trinajstić information content (AvgIpc) is 2.84. The number of rotatable bonds is 4. The maximum atomic E-state index is 5.48. The average molecular weight is 301 g/mol. The van der Waals surface area contributed by atoms with E-state index in [0.29, 0.717) is 0 Å². The summed E-state index contributed by atoms with van der Waals surface area (Å²) in [6.45, 7) is 4.86. The molecule has 0 aromatic carbocycles.